The van der Waals surface area contributed by atoms with Crippen LogP contribution < -0.4 is 9.47 Å². The number of likely N-dealkylation sites (N-methyl/N-ethyl adjacent to an activating group) is 1. The van der Waals surface area contributed by atoms with E-state index in [1.807, 2.05) is 19.9 Å². The zero-order valence-corrected chi connectivity index (χ0v) is 24.8. The number of amides is 2. The van der Waals surface area contributed by atoms with Crippen LogP contribution in [0.4, 0.5) is 0 Å². The lowest BCUT2D eigenvalue weighted by Crippen LogP contribution is -2.38. The van der Waals surface area contributed by atoms with Crippen molar-refractivity contribution in [1.29, 1.82) is 0 Å². The Labute approximate surface area is 240 Å². The molecule has 1 unspecified atom stereocenters. The number of hydrogen-bond donors (Lipinski definition) is 0. The van der Waals surface area contributed by atoms with Gasteiger partial charge < -0.3 is 19.1 Å². The van der Waals surface area contributed by atoms with Crippen molar-refractivity contribution in [2.24, 2.45) is 0 Å². The molecule has 3 rings (SSSR count). The minimum absolute atomic E-state index is 0.133. The first-order chi connectivity index (χ1) is 18.2. The number of methoxy groups -OCH3 is 1. The summed E-state index contributed by atoms with van der Waals surface area (Å²) in [6.45, 7) is 6.75. The van der Waals surface area contributed by atoms with E-state index >= 15 is 0 Å². The van der Waals surface area contributed by atoms with Gasteiger partial charge in [-0.15, -0.1) is 0 Å². The number of benzene rings is 2. The summed E-state index contributed by atoms with van der Waals surface area (Å²) in [7, 11) is 1.49. The molecule has 2 amide bonds. The standard InChI is InChI=1S/C27H29BrN2O6S2/c1-5-29(6-2)22(31)16-36-24-19(28)13-17(14-20(24)34-4)15-21-25(32)30(27(37)38-21)23(26(33)35-7-3)18-11-9-8-10-12-18/h8-15,23H,5-7,16H2,1-4H3/b21-15+. The second-order valence-corrected chi connectivity index (χ2v) is 10.5. The smallest absolute Gasteiger partial charge is 0.333 e. The summed E-state index contributed by atoms with van der Waals surface area (Å²) in [6.07, 6.45) is 1.67. The van der Waals surface area contributed by atoms with Gasteiger partial charge in [0.15, 0.2) is 24.1 Å². The van der Waals surface area contributed by atoms with Gasteiger partial charge in [-0.1, -0.05) is 54.3 Å². The maximum atomic E-state index is 13.5. The second-order valence-electron chi connectivity index (χ2n) is 8.01. The van der Waals surface area contributed by atoms with Gasteiger partial charge in [0.1, 0.15) is 4.32 Å². The maximum Gasteiger partial charge on any atom is 0.333 e. The molecule has 0 N–H and O–H groups in total. The first-order valence-electron chi connectivity index (χ1n) is 12.0. The first-order valence-corrected chi connectivity index (χ1v) is 14.0. The van der Waals surface area contributed by atoms with Crippen molar-refractivity contribution < 1.29 is 28.6 Å². The van der Waals surface area contributed by atoms with Crippen LogP contribution in [0, 0.1) is 0 Å². The van der Waals surface area contributed by atoms with Gasteiger partial charge in [0.05, 0.1) is 23.1 Å². The predicted octanol–water partition coefficient (Wildman–Crippen LogP) is 5.21. The van der Waals surface area contributed by atoms with Gasteiger partial charge in [-0.25, -0.2) is 4.79 Å². The van der Waals surface area contributed by atoms with Crippen LogP contribution in [0.1, 0.15) is 37.9 Å². The van der Waals surface area contributed by atoms with Crippen molar-refractivity contribution in [2.45, 2.75) is 26.8 Å². The van der Waals surface area contributed by atoms with Crippen molar-refractivity contribution in [2.75, 3.05) is 33.4 Å². The quantitative estimate of drug-likeness (QED) is 0.192. The van der Waals surface area contributed by atoms with Crippen LogP contribution in [0.5, 0.6) is 11.5 Å². The molecule has 0 radical (unpaired) electrons. The molecule has 0 aromatic heterocycles. The number of carbonyl (C=O) groups excluding carboxylic acids is 3. The molecule has 1 aliphatic rings. The Kier molecular flexibility index (Phi) is 10.7. The Morgan fingerprint density at radius 3 is 2.45 bits per heavy atom. The van der Waals surface area contributed by atoms with E-state index in [1.54, 1.807) is 54.3 Å². The molecule has 0 bridgehead atoms. The molecule has 1 fully saturated rings. The van der Waals surface area contributed by atoms with E-state index in [9.17, 15) is 14.4 Å². The average molecular weight is 622 g/mol. The van der Waals surface area contributed by atoms with E-state index in [1.165, 1.54) is 12.0 Å². The molecule has 1 aliphatic heterocycles. The van der Waals surface area contributed by atoms with Gasteiger partial charge in [-0.05, 0) is 66.0 Å². The molecule has 8 nitrogen and oxygen atoms in total. The minimum Gasteiger partial charge on any atom is -0.493 e. The number of thioether (sulfide) groups is 1. The van der Waals surface area contributed by atoms with Gasteiger partial charge >= 0.3 is 5.97 Å². The summed E-state index contributed by atoms with van der Waals surface area (Å²) in [4.78, 5) is 42.0. The van der Waals surface area contributed by atoms with Gasteiger partial charge in [0, 0.05) is 13.1 Å². The van der Waals surface area contributed by atoms with Crippen molar-refractivity contribution in [3.63, 3.8) is 0 Å². The van der Waals surface area contributed by atoms with E-state index in [4.69, 9.17) is 26.4 Å². The molecule has 2 aromatic carbocycles. The summed E-state index contributed by atoms with van der Waals surface area (Å²) in [5.74, 6) is -0.318. The number of carbonyl (C=O) groups is 3. The van der Waals surface area contributed by atoms with Crippen LogP contribution in [-0.2, 0) is 19.1 Å². The van der Waals surface area contributed by atoms with Crippen LogP contribution in [0.2, 0.25) is 0 Å². The highest BCUT2D eigenvalue weighted by Gasteiger charge is 2.42. The Balaban J connectivity index is 1.89. The molecule has 202 valence electrons. The number of esters is 1. The third-order valence-corrected chi connectivity index (χ3v) is 7.63. The third kappa shape index (κ3) is 6.75. The van der Waals surface area contributed by atoms with Crippen LogP contribution in [0.3, 0.4) is 0 Å². The maximum absolute atomic E-state index is 13.5. The lowest BCUT2D eigenvalue weighted by Gasteiger charge is -2.25. The Hall–Kier alpha value is -2.89. The molecular formula is C27H29BrN2O6S2. The topological polar surface area (TPSA) is 85.4 Å². The predicted molar refractivity (Wildman–Crippen MR) is 155 cm³/mol. The molecule has 38 heavy (non-hydrogen) atoms. The number of halogens is 1. The van der Waals surface area contributed by atoms with Crippen molar-refractivity contribution in [1.82, 2.24) is 9.80 Å². The van der Waals surface area contributed by atoms with Gasteiger partial charge in [-0.3, -0.25) is 14.5 Å². The Bertz CT molecular complexity index is 1230. The monoisotopic (exact) mass is 620 g/mol. The number of ether oxygens (including phenoxy) is 3. The Morgan fingerprint density at radius 1 is 1.16 bits per heavy atom. The van der Waals surface area contributed by atoms with E-state index in [-0.39, 0.29) is 23.4 Å². The average Bonchev–Trinajstić information content (AvgIpc) is 3.17. The zero-order valence-electron chi connectivity index (χ0n) is 21.6. The second kappa shape index (κ2) is 13.8. The summed E-state index contributed by atoms with van der Waals surface area (Å²) >= 11 is 10.1. The molecule has 0 saturated carbocycles. The van der Waals surface area contributed by atoms with Crippen LogP contribution in [0.25, 0.3) is 6.08 Å². The van der Waals surface area contributed by atoms with Crippen molar-refractivity contribution >= 4 is 68.1 Å². The number of rotatable bonds is 11. The molecule has 11 heteroatoms. The normalized spacial score (nSPS) is 15.0. The summed E-state index contributed by atoms with van der Waals surface area (Å²) in [5, 5.41) is 0. The van der Waals surface area contributed by atoms with Crippen LogP contribution >= 0.6 is 39.9 Å². The van der Waals surface area contributed by atoms with Crippen molar-refractivity contribution in [3.8, 4) is 11.5 Å². The van der Waals surface area contributed by atoms with E-state index in [2.05, 4.69) is 15.9 Å². The molecule has 0 spiro atoms. The van der Waals surface area contributed by atoms with Crippen molar-refractivity contribution in [3.05, 3.63) is 63.0 Å². The highest BCUT2D eigenvalue weighted by Crippen LogP contribution is 2.41. The number of hydrogen-bond acceptors (Lipinski definition) is 8. The molecule has 2 aromatic rings. The van der Waals surface area contributed by atoms with Crippen LogP contribution in [0.15, 0.2) is 51.8 Å². The number of thiocarbonyl (C=S) groups is 1. The fourth-order valence-electron chi connectivity index (χ4n) is 3.87. The fraction of sp³-hybridized carbons (Fsp3) is 0.333. The fourth-order valence-corrected chi connectivity index (χ4v) is 5.75. The lowest BCUT2D eigenvalue weighted by atomic mass is 10.1. The summed E-state index contributed by atoms with van der Waals surface area (Å²) in [5.41, 5.74) is 1.25. The van der Waals surface area contributed by atoms with E-state index in [0.717, 1.165) is 11.8 Å². The number of nitrogens with zero attached hydrogens (tertiary/aromatic N) is 2. The summed E-state index contributed by atoms with van der Waals surface area (Å²) < 4.78 is 17.4. The molecule has 1 atom stereocenters. The minimum atomic E-state index is -0.991. The van der Waals surface area contributed by atoms with Crippen LogP contribution in [-0.4, -0.2) is 65.3 Å². The zero-order chi connectivity index (χ0) is 27.8. The lowest BCUT2D eigenvalue weighted by molar-refractivity contribution is -0.151. The Morgan fingerprint density at radius 2 is 1.84 bits per heavy atom. The van der Waals surface area contributed by atoms with E-state index in [0.29, 0.717) is 45.1 Å². The highest BCUT2D eigenvalue weighted by molar-refractivity contribution is 9.10. The highest BCUT2D eigenvalue weighted by atomic mass is 79.9. The molecule has 0 aliphatic carbocycles. The summed E-state index contributed by atoms with van der Waals surface area (Å²) in [6, 6.07) is 11.4. The molecular weight excluding hydrogens is 592 g/mol. The van der Waals surface area contributed by atoms with Gasteiger partial charge in [0.2, 0.25) is 0 Å². The first kappa shape index (κ1) is 29.7. The van der Waals surface area contributed by atoms with E-state index < -0.39 is 17.9 Å². The van der Waals surface area contributed by atoms with Gasteiger partial charge in [0.25, 0.3) is 11.8 Å². The third-order valence-electron chi connectivity index (χ3n) is 5.71. The largest absolute Gasteiger partial charge is 0.493 e. The SMILES string of the molecule is CCOC(=O)C(c1ccccc1)N1C(=O)/C(=C\c2cc(Br)c(OCC(=O)N(CC)CC)c(OC)c2)SC1=S. The molecule has 1 saturated heterocycles. The molecule has 1 heterocycles. The van der Waals surface area contributed by atoms with Gasteiger partial charge in [-0.2, -0.15) is 0 Å².